The SMILES string of the molecule is CN(CC(=O)NCCCOCC(F)(F)F)C(=O)c1ccc(Br)o1. The lowest BCUT2D eigenvalue weighted by Crippen LogP contribution is -2.38. The van der Waals surface area contributed by atoms with Gasteiger partial charge in [0.15, 0.2) is 10.4 Å². The Morgan fingerprint density at radius 3 is 2.65 bits per heavy atom. The first kappa shape index (κ1) is 19.5. The van der Waals surface area contributed by atoms with Crippen molar-refractivity contribution in [1.29, 1.82) is 0 Å². The summed E-state index contributed by atoms with van der Waals surface area (Å²) in [5.74, 6) is -0.797. The maximum atomic E-state index is 11.9. The lowest BCUT2D eigenvalue weighted by atomic mass is 10.3. The molecule has 1 aromatic rings. The van der Waals surface area contributed by atoms with E-state index in [2.05, 4.69) is 26.0 Å². The average Bonchev–Trinajstić information content (AvgIpc) is 2.87. The van der Waals surface area contributed by atoms with Gasteiger partial charge in [-0.25, -0.2) is 0 Å². The Morgan fingerprint density at radius 1 is 1.39 bits per heavy atom. The number of amides is 2. The topological polar surface area (TPSA) is 71.8 Å². The van der Waals surface area contributed by atoms with Gasteiger partial charge in [-0.2, -0.15) is 13.2 Å². The van der Waals surface area contributed by atoms with Crippen molar-refractivity contribution in [2.45, 2.75) is 12.6 Å². The third-order valence-corrected chi connectivity index (χ3v) is 2.99. The van der Waals surface area contributed by atoms with Crippen molar-refractivity contribution >= 4 is 27.7 Å². The molecule has 0 fully saturated rings. The molecule has 1 heterocycles. The Kier molecular flexibility index (Phi) is 7.56. The number of ether oxygens (including phenoxy) is 1. The molecule has 0 spiro atoms. The summed E-state index contributed by atoms with van der Waals surface area (Å²) in [4.78, 5) is 24.7. The fraction of sp³-hybridized carbons (Fsp3) is 0.538. The van der Waals surface area contributed by atoms with Gasteiger partial charge in [0.05, 0.1) is 6.54 Å². The molecule has 130 valence electrons. The first-order valence-electron chi connectivity index (χ1n) is 6.61. The first-order chi connectivity index (χ1) is 10.7. The van der Waals surface area contributed by atoms with E-state index in [9.17, 15) is 22.8 Å². The van der Waals surface area contributed by atoms with Crippen LogP contribution in [0, 0.1) is 0 Å². The molecule has 0 unspecified atom stereocenters. The van der Waals surface area contributed by atoms with Crippen LogP contribution >= 0.6 is 15.9 Å². The standard InChI is InChI=1S/C13H16BrF3N2O4/c1-19(12(21)9-3-4-10(14)23-9)7-11(20)18-5-2-6-22-8-13(15,16)17/h3-4H,2,5-8H2,1H3,(H,18,20). The lowest BCUT2D eigenvalue weighted by molar-refractivity contribution is -0.174. The molecule has 0 aromatic carbocycles. The zero-order chi connectivity index (χ0) is 17.5. The number of hydrogen-bond donors (Lipinski definition) is 1. The van der Waals surface area contributed by atoms with Gasteiger partial charge in [0.25, 0.3) is 5.91 Å². The highest BCUT2D eigenvalue weighted by atomic mass is 79.9. The van der Waals surface area contributed by atoms with E-state index in [-0.39, 0.29) is 31.9 Å². The highest BCUT2D eigenvalue weighted by Gasteiger charge is 2.27. The van der Waals surface area contributed by atoms with Gasteiger partial charge in [0.1, 0.15) is 6.61 Å². The summed E-state index contributed by atoms with van der Waals surface area (Å²) >= 11 is 3.07. The molecule has 0 saturated carbocycles. The number of carbonyl (C=O) groups excluding carboxylic acids is 2. The van der Waals surface area contributed by atoms with Crippen LogP contribution in [-0.4, -0.2) is 56.2 Å². The number of rotatable bonds is 8. The summed E-state index contributed by atoms with van der Waals surface area (Å²) in [7, 11) is 1.44. The van der Waals surface area contributed by atoms with Crippen molar-refractivity contribution in [3.63, 3.8) is 0 Å². The van der Waals surface area contributed by atoms with E-state index in [1.165, 1.54) is 18.0 Å². The molecule has 2 amide bonds. The normalized spacial score (nSPS) is 11.3. The molecule has 6 nitrogen and oxygen atoms in total. The Bertz CT molecular complexity index is 534. The van der Waals surface area contributed by atoms with Crippen molar-refractivity contribution in [1.82, 2.24) is 10.2 Å². The van der Waals surface area contributed by atoms with Gasteiger partial charge in [-0.15, -0.1) is 0 Å². The molecule has 0 atom stereocenters. The predicted octanol–water partition coefficient (Wildman–Crippen LogP) is 2.20. The van der Waals surface area contributed by atoms with Crippen molar-refractivity contribution in [3.8, 4) is 0 Å². The van der Waals surface area contributed by atoms with Crippen molar-refractivity contribution in [2.24, 2.45) is 0 Å². The summed E-state index contributed by atoms with van der Waals surface area (Å²) in [6.45, 7) is -1.46. The number of likely N-dealkylation sites (N-methyl/N-ethyl adjacent to an activating group) is 1. The molecule has 0 aliphatic heterocycles. The van der Waals surface area contributed by atoms with Crippen LogP contribution in [0.3, 0.4) is 0 Å². The summed E-state index contributed by atoms with van der Waals surface area (Å²) in [5, 5.41) is 2.49. The van der Waals surface area contributed by atoms with Crippen LogP contribution in [0.25, 0.3) is 0 Å². The molecule has 1 rings (SSSR count). The first-order valence-corrected chi connectivity index (χ1v) is 7.40. The second-order valence-electron chi connectivity index (χ2n) is 4.64. The van der Waals surface area contributed by atoms with Crippen molar-refractivity contribution in [3.05, 3.63) is 22.6 Å². The second kappa shape index (κ2) is 8.92. The van der Waals surface area contributed by atoms with E-state index in [1.807, 2.05) is 0 Å². The number of furan rings is 1. The Balaban J connectivity index is 2.19. The van der Waals surface area contributed by atoms with Crippen LogP contribution in [0.2, 0.25) is 0 Å². The maximum Gasteiger partial charge on any atom is 0.411 e. The minimum Gasteiger partial charge on any atom is -0.444 e. The molecule has 0 bridgehead atoms. The van der Waals surface area contributed by atoms with Crippen LogP contribution in [0.4, 0.5) is 13.2 Å². The van der Waals surface area contributed by atoms with E-state index < -0.39 is 24.6 Å². The molecule has 0 radical (unpaired) electrons. The molecule has 23 heavy (non-hydrogen) atoms. The fourth-order valence-electron chi connectivity index (χ4n) is 1.55. The number of alkyl halides is 3. The van der Waals surface area contributed by atoms with Crippen LogP contribution in [0.5, 0.6) is 0 Å². The minimum atomic E-state index is -4.35. The largest absolute Gasteiger partial charge is 0.444 e. The molecule has 0 aliphatic carbocycles. The quantitative estimate of drug-likeness (QED) is 0.679. The van der Waals surface area contributed by atoms with Crippen molar-refractivity contribution in [2.75, 3.05) is 33.4 Å². The molecule has 0 aliphatic rings. The van der Waals surface area contributed by atoms with Gasteiger partial charge < -0.3 is 19.4 Å². The molecule has 1 N–H and O–H groups in total. The summed E-state index contributed by atoms with van der Waals surface area (Å²) < 4.78 is 45.3. The molecule has 10 heteroatoms. The monoisotopic (exact) mass is 400 g/mol. The Morgan fingerprint density at radius 2 is 2.09 bits per heavy atom. The zero-order valence-electron chi connectivity index (χ0n) is 12.3. The molecular weight excluding hydrogens is 385 g/mol. The predicted molar refractivity (Wildman–Crippen MR) is 77.9 cm³/mol. The van der Waals surface area contributed by atoms with Crippen molar-refractivity contribution < 1.29 is 31.9 Å². The van der Waals surface area contributed by atoms with Crippen LogP contribution in [0.15, 0.2) is 21.2 Å². The summed E-state index contributed by atoms with van der Waals surface area (Å²) in [6, 6.07) is 3.03. The molecular formula is C13H16BrF3N2O4. The van der Waals surface area contributed by atoms with E-state index >= 15 is 0 Å². The molecule has 1 aromatic heterocycles. The van der Waals surface area contributed by atoms with Crippen LogP contribution < -0.4 is 5.32 Å². The van der Waals surface area contributed by atoms with Gasteiger partial charge in [-0.3, -0.25) is 9.59 Å². The number of nitrogens with zero attached hydrogens (tertiary/aromatic N) is 1. The number of hydrogen-bond acceptors (Lipinski definition) is 4. The van der Waals surface area contributed by atoms with E-state index in [4.69, 9.17) is 4.42 Å². The highest BCUT2D eigenvalue weighted by molar-refractivity contribution is 9.10. The van der Waals surface area contributed by atoms with Gasteiger partial charge in [0.2, 0.25) is 5.91 Å². The number of nitrogens with one attached hydrogen (secondary N) is 1. The van der Waals surface area contributed by atoms with E-state index in [0.717, 1.165) is 0 Å². The van der Waals surface area contributed by atoms with Gasteiger partial charge >= 0.3 is 6.18 Å². The number of carbonyl (C=O) groups is 2. The Hall–Kier alpha value is -1.55. The summed E-state index contributed by atoms with van der Waals surface area (Å²) in [5.41, 5.74) is 0. The number of halogens is 4. The second-order valence-corrected chi connectivity index (χ2v) is 5.42. The van der Waals surface area contributed by atoms with Crippen LogP contribution in [0.1, 0.15) is 17.0 Å². The summed E-state index contributed by atoms with van der Waals surface area (Å²) in [6.07, 6.45) is -4.11. The third-order valence-electron chi connectivity index (χ3n) is 2.56. The average molecular weight is 401 g/mol. The maximum absolute atomic E-state index is 11.9. The zero-order valence-corrected chi connectivity index (χ0v) is 13.9. The highest BCUT2D eigenvalue weighted by Crippen LogP contribution is 2.15. The Labute approximate surface area is 139 Å². The third kappa shape index (κ3) is 8.03. The molecule has 0 saturated heterocycles. The van der Waals surface area contributed by atoms with Gasteiger partial charge in [-0.1, -0.05) is 0 Å². The lowest BCUT2D eigenvalue weighted by Gasteiger charge is -2.15. The minimum absolute atomic E-state index is 0.0905. The smallest absolute Gasteiger partial charge is 0.411 e. The van der Waals surface area contributed by atoms with E-state index in [1.54, 1.807) is 6.07 Å². The van der Waals surface area contributed by atoms with Crippen LogP contribution in [-0.2, 0) is 9.53 Å². The fourth-order valence-corrected chi connectivity index (χ4v) is 1.86. The van der Waals surface area contributed by atoms with Gasteiger partial charge in [0, 0.05) is 20.2 Å². The van der Waals surface area contributed by atoms with Gasteiger partial charge in [-0.05, 0) is 34.5 Å². The van der Waals surface area contributed by atoms with E-state index in [0.29, 0.717) is 4.67 Å².